The van der Waals surface area contributed by atoms with Gasteiger partial charge in [0.15, 0.2) is 0 Å². The van der Waals surface area contributed by atoms with E-state index in [9.17, 15) is 9.59 Å². The fraction of sp³-hybridized carbons (Fsp3) is 0.619. The number of carbonyl (C=O) groups excluding carboxylic acids is 2. The van der Waals surface area contributed by atoms with Crippen LogP contribution < -0.4 is 10.1 Å². The average molecular weight is 373 g/mol. The van der Waals surface area contributed by atoms with E-state index < -0.39 is 0 Å². The monoisotopic (exact) mass is 373 g/mol. The van der Waals surface area contributed by atoms with E-state index in [4.69, 9.17) is 4.74 Å². The molecule has 1 saturated carbocycles. The van der Waals surface area contributed by atoms with E-state index in [2.05, 4.69) is 5.32 Å². The Labute approximate surface area is 161 Å². The van der Waals surface area contributed by atoms with E-state index in [0.29, 0.717) is 45.2 Å². The molecule has 148 valence electrons. The second-order valence-electron chi connectivity index (χ2n) is 7.41. The number of amides is 3. The highest BCUT2D eigenvalue weighted by Gasteiger charge is 2.24. The highest BCUT2D eigenvalue weighted by Crippen LogP contribution is 2.18. The molecular weight excluding hydrogens is 342 g/mol. The van der Waals surface area contributed by atoms with Crippen molar-refractivity contribution in [1.82, 2.24) is 15.1 Å². The van der Waals surface area contributed by atoms with Gasteiger partial charge in [0, 0.05) is 32.2 Å². The Hall–Kier alpha value is -2.24. The first kappa shape index (κ1) is 19.5. The molecule has 1 aliphatic carbocycles. The third kappa shape index (κ3) is 5.62. The lowest BCUT2D eigenvalue weighted by molar-refractivity contribution is -0.130. The van der Waals surface area contributed by atoms with Crippen LogP contribution in [0.3, 0.4) is 0 Å². The normalized spacial score (nSPS) is 18.3. The van der Waals surface area contributed by atoms with Crippen LogP contribution >= 0.6 is 0 Å². The van der Waals surface area contributed by atoms with Crippen molar-refractivity contribution < 1.29 is 14.3 Å². The number of hydrogen-bond donors (Lipinski definition) is 1. The van der Waals surface area contributed by atoms with Gasteiger partial charge in [-0.2, -0.15) is 0 Å². The van der Waals surface area contributed by atoms with Crippen LogP contribution in [-0.2, 0) is 11.2 Å². The minimum Gasteiger partial charge on any atom is -0.494 e. The van der Waals surface area contributed by atoms with Gasteiger partial charge in [-0.15, -0.1) is 0 Å². The fourth-order valence-corrected chi connectivity index (χ4v) is 3.86. The van der Waals surface area contributed by atoms with Crippen molar-refractivity contribution in [3.8, 4) is 5.75 Å². The standard InChI is InChI=1S/C21H31N3O3/c1-2-27-19-10-8-17(9-11-19)16-20(25)23-12-5-13-24(15-14-23)21(26)22-18-6-3-4-7-18/h8-11,18H,2-7,12-16H2,1H3,(H,22,26). The van der Waals surface area contributed by atoms with Crippen LogP contribution in [0.4, 0.5) is 4.79 Å². The van der Waals surface area contributed by atoms with Crippen molar-refractivity contribution in [1.29, 1.82) is 0 Å². The summed E-state index contributed by atoms with van der Waals surface area (Å²) in [7, 11) is 0. The van der Waals surface area contributed by atoms with E-state index in [-0.39, 0.29) is 11.9 Å². The number of hydrogen-bond acceptors (Lipinski definition) is 3. The van der Waals surface area contributed by atoms with Gasteiger partial charge in [0.05, 0.1) is 13.0 Å². The van der Waals surface area contributed by atoms with E-state index in [0.717, 1.165) is 30.6 Å². The number of urea groups is 1. The fourth-order valence-electron chi connectivity index (χ4n) is 3.86. The highest BCUT2D eigenvalue weighted by atomic mass is 16.5. The lowest BCUT2D eigenvalue weighted by Gasteiger charge is -2.24. The van der Waals surface area contributed by atoms with Gasteiger partial charge in [0.2, 0.25) is 5.91 Å². The molecule has 3 rings (SSSR count). The first-order valence-electron chi connectivity index (χ1n) is 10.2. The van der Waals surface area contributed by atoms with E-state index in [1.54, 1.807) is 0 Å². The molecule has 0 aromatic heterocycles. The van der Waals surface area contributed by atoms with Gasteiger partial charge in [-0.1, -0.05) is 25.0 Å². The number of rotatable bonds is 5. The molecule has 0 spiro atoms. The SMILES string of the molecule is CCOc1ccc(CC(=O)N2CCCN(C(=O)NC3CCCC3)CC2)cc1. The number of ether oxygens (including phenoxy) is 1. The summed E-state index contributed by atoms with van der Waals surface area (Å²) >= 11 is 0. The predicted octanol–water partition coefficient (Wildman–Crippen LogP) is 2.81. The van der Waals surface area contributed by atoms with Crippen LogP contribution in [-0.4, -0.2) is 60.6 Å². The first-order valence-corrected chi connectivity index (χ1v) is 10.2. The number of nitrogens with one attached hydrogen (secondary N) is 1. The topological polar surface area (TPSA) is 61.9 Å². The summed E-state index contributed by atoms with van der Waals surface area (Å²) in [4.78, 5) is 28.9. The lowest BCUT2D eigenvalue weighted by atomic mass is 10.1. The Balaban J connectivity index is 1.47. The van der Waals surface area contributed by atoms with Gasteiger partial charge in [0.25, 0.3) is 0 Å². The summed E-state index contributed by atoms with van der Waals surface area (Å²) in [5.74, 6) is 0.949. The Kier molecular flexibility index (Phi) is 6.96. The molecular formula is C21H31N3O3. The number of benzene rings is 1. The highest BCUT2D eigenvalue weighted by molar-refractivity contribution is 5.79. The molecule has 6 nitrogen and oxygen atoms in total. The van der Waals surface area contributed by atoms with Crippen molar-refractivity contribution in [2.75, 3.05) is 32.8 Å². The van der Waals surface area contributed by atoms with Crippen LogP contribution in [0.15, 0.2) is 24.3 Å². The van der Waals surface area contributed by atoms with Gasteiger partial charge in [0.1, 0.15) is 5.75 Å². The van der Waals surface area contributed by atoms with E-state index in [1.165, 1.54) is 12.8 Å². The van der Waals surface area contributed by atoms with Gasteiger partial charge >= 0.3 is 6.03 Å². The van der Waals surface area contributed by atoms with Crippen LogP contribution in [0, 0.1) is 0 Å². The van der Waals surface area contributed by atoms with Crippen LogP contribution in [0.25, 0.3) is 0 Å². The molecule has 2 aliphatic rings. The zero-order chi connectivity index (χ0) is 19.1. The predicted molar refractivity (Wildman–Crippen MR) is 105 cm³/mol. The molecule has 1 N–H and O–H groups in total. The van der Waals surface area contributed by atoms with Crippen LogP contribution in [0.2, 0.25) is 0 Å². The molecule has 1 saturated heterocycles. The smallest absolute Gasteiger partial charge is 0.317 e. The largest absolute Gasteiger partial charge is 0.494 e. The molecule has 6 heteroatoms. The maximum Gasteiger partial charge on any atom is 0.317 e. The lowest BCUT2D eigenvalue weighted by Crippen LogP contribution is -2.45. The molecule has 0 atom stereocenters. The third-order valence-electron chi connectivity index (χ3n) is 5.41. The van der Waals surface area contributed by atoms with Crippen molar-refractivity contribution in [2.45, 2.75) is 51.5 Å². The van der Waals surface area contributed by atoms with Gasteiger partial charge in [-0.05, 0) is 43.9 Å². The molecule has 1 aliphatic heterocycles. The van der Waals surface area contributed by atoms with Crippen molar-refractivity contribution in [3.63, 3.8) is 0 Å². The Bertz CT molecular complexity index is 626. The molecule has 2 fully saturated rings. The van der Waals surface area contributed by atoms with Crippen molar-refractivity contribution in [2.24, 2.45) is 0 Å². The summed E-state index contributed by atoms with van der Waals surface area (Å²) < 4.78 is 5.44. The summed E-state index contributed by atoms with van der Waals surface area (Å²) in [5.41, 5.74) is 0.989. The average Bonchev–Trinajstić information content (AvgIpc) is 3.04. The zero-order valence-electron chi connectivity index (χ0n) is 16.3. The molecule has 3 amide bonds. The molecule has 0 bridgehead atoms. The zero-order valence-corrected chi connectivity index (χ0v) is 16.3. The first-order chi connectivity index (χ1) is 13.2. The summed E-state index contributed by atoms with van der Waals surface area (Å²) in [6.45, 7) is 5.22. The van der Waals surface area contributed by atoms with E-state index >= 15 is 0 Å². The minimum absolute atomic E-state index is 0.0303. The number of carbonyl (C=O) groups is 2. The van der Waals surface area contributed by atoms with E-state index in [1.807, 2.05) is 41.0 Å². The minimum atomic E-state index is 0.0303. The van der Waals surface area contributed by atoms with Crippen molar-refractivity contribution >= 4 is 11.9 Å². The van der Waals surface area contributed by atoms with Crippen LogP contribution in [0.1, 0.15) is 44.6 Å². The van der Waals surface area contributed by atoms with Crippen LogP contribution in [0.5, 0.6) is 5.75 Å². The molecule has 1 aromatic carbocycles. The molecule has 0 unspecified atom stereocenters. The van der Waals surface area contributed by atoms with Gasteiger partial charge in [-0.3, -0.25) is 4.79 Å². The third-order valence-corrected chi connectivity index (χ3v) is 5.41. The van der Waals surface area contributed by atoms with Gasteiger partial charge < -0.3 is 19.9 Å². The van der Waals surface area contributed by atoms with Crippen molar-refractivity contribution in [3.05, 3.63) is 29.8 Å². The molecule has 27 heavy (non-hydrogen) atoms. The summed E-state index contributed by atoms with van der Waals surface area (Å²) in [6.07, 6.45) is 5.81. The second kappa shape index (κ2) is 9.62. The molecule has 1 aromatic rings. The van der Waals surface area contributed by atoms with Gasteiger partial charge in [-0.25, -0.2) is 4.79 Å². The maximum atomic E-state index is 12.7. The molecule has 0 radical (unpaired) electrons. The Morgan fingerprint density at radius 2 is 1.67 bits per heavy atom. The Morgan fingerprint density at radius 3 is 2.37 bits per heavy atom. The summed E-state index contributed by atoms with van der Waals surface area (Å²) in [6, 6.07) is 8.07. The quantitative estimate of drug-likeness (QED) is 0.863. The second-order valence-corrected chi connectivity index (χ2v) is 7.41. The maximum absolute atomic E-state index is 12.7. The molecule has 1 heterocycles. The summed E-state index contributed by atoms with van der Waals surface area (Å²) in [5, 5.41) is 3.15. The number of nitrogens with zero attached hydrogens (tertiary/aromatic N) is 2. The Morgan fingerprint density at radius 1 is 1.00 bits per heavy atom.